The summed E-state index contributed by atoms with van der Waals surface area (Å²) in [6.07, 6.45) is 0. The number of fused-ring (bicyclic) bond motifs is 1. The molecule has 0 unspecified atom stereocenters. The molecule has 0 N–H and O–H groups in total. The van der Waals surface area contributed by atoms with Crippen molar-refractivity contribution in [1.29, 1.82) is 0 Å². The zero-order chi connectivity index (χ0) is 13.2. The molecule has 0 aliphatic carbocycles. The molecular weight excluding hydrogens is 280 g/mol. The van der Waals surface area contributed by atoms with Gasteiger partial charge in [0.25, 0.3) is 0 Å². The summed E-state index contributed by atoms with van der Waals surface area (Å²) in [5.74, 6) is 0.838. The van der Waals surface area contributed by atoms with Crippen LogP contribution in [0.3, 0.4) is 0 Å². The Morgan fingerprint density at radius 2 is 1.95 bits per heavy atom. The van der Waals surface area contributed by atoms with Crippen LogP contribution in [0.5, 0.6) is 0 Å². The van der Waals surface area contributed by atoms with Crippen molar-refractivity contribution >= 4 is 33.2 Å². The van der Waals surface area contributed by atoms with Gasteiger partial charge in [-0.1, -0.05) is 18.5 Å². The van der Waals surface area contributed by atoms with Crippen LogP contribution in [-0.2, 0) is 6.54 Å². The molecule has 1 aliphatic heterocycles. The van der Waals surface area contributed by atoms with Crippen LogP contribution < -0.4 is 0 Å². The van der Waals surface area contributed by atoms with E-state index >= 15 is 0 Å². The van der Waals surface area contributed by atoms with E-state index in [9.17, 15) is 0 Å². The summed E-state index contributed by atoms with van der Waals surface area (Å²) in [4.78, 5) is 14.9. The van der Waals surface area contributed by atoms with Gasteiger partial charge < -0.3 is 4.90 Å². The zero-order valence-electron chi connectivity index (χ0n) is 11.0. The monoisotopic (exact) mass is 296 g/mol. The first kappa shape index (κ1) is 13.2. The molecule has 1 aliphatic rings. The molecule has 3 heterocycles. The molecule has 6 heteroatoms. The number of piperazine rings is 1. The van der Waals surface area contributed by atoms with E-state index in [1.807, 2.05) is 11.4 Å². The van der Waals surface area contributed by atoms with Crippen LogP contribution in [0.15, 0.2) is 11.4 Å². The Morgan fingerprint density at radius 3 is 2.68 bits per heavy atom. The summed E-state index contributed by atoms with van der Waals surface area (Å²) in [5.41, 5.74) is 0. The van der Waals surface area contributed by atoms with E-state index in [0.29, 0.717) is 5.15 Å². The normalized spacial score (nSPS) is 18.2. The van der Waals surface area contributed by atoms with Crippen LogP contribution in [0.25, 0.3) is 10.2 Å². The lowest BCUT2D eigenvalue weighted by molar-refractivity contribution is 0.129. The standard InChI is InChI=1S/C13H17ClN4S/c1-2-17-4-6-18(7-5-17)9-11-15-12(14)10-3-8-19-13(10)16-11/h3,8H,2,4-7,9H2,1H3. The first-order valence-corrected chi connectivity index (χ1v) is 7.86. The summed E-state index contributed by atoms with van der Waals surface area (Å²) < 4.78 is 0. The first-order valence-electron chi connectivity index (χ1n) is 6.60. The number of thiophene rings is 1. The van der Waals surface area contributed by atoms with E-state index in [0.717, 1.165) is 55.3 Å². The Kier molecular flexibility index (Phi) is 3.98. The van der Waals surface area contributed by atoms with Gasteiger partial charge in [-0.15, -0.1) is 11.3 Å². The maximum atomic E-state index is 6.20. The number of halogens is 1. The van der Waals surface area contributed by atoms with Gasteiger partial charge in [0.05, 0.1) is 6.54 Å². The quantitative estimate of drug-likeness (QED) is 0.815. The second-order valence-corrected chi connectivity index (χ2v) is 6.03. The predicted octanol–water partition coefficient (Wildman–Crippen LogP) is 2.48. The molecule has 3 rings (SSSR count). The molecule has 4 nitrogen and oxygen atoms in total. The van der Waals surface area contributed by atoms with E-state index in [2.05, 4.69) is 26.7 Å². The van der Waals surface area contributed by atoms with Crippen molar-refractivity contribution in [1.82, 2.24) is 19.8 Å². The molecule has 0 saturated carbocycles. The average Bonchev–Trinajstić information content (AvgIpc) is 2.88. The Balaban J connectivity index is 1.71. The first-order chi connectivity index (χ1) is 9.26. The Bertz CT molecular complexity index is 563. The third-order valence-electron chi connectivity index (χ3n) is 3.60. The van der Waals surface area contributed by atoms with Crippen molar-refractivity contribution in [2.75, 3.05) is 32.7 Å². The molecule has 2 aromatic heterocycles. The van der Waals surface area contributed by atoms with Gasteiger partial charge >= 0.3 is 0 Å². The SMILES string of the molecule is CCN1CCN(Cc2nc(Cl)c3ccsc3n2)CC1. The molecule has 19 heavy (non-hydrogen) atoms. The van der Waals surface area contributed by atoms with E-state index in [1.54, 1.807) is 11.3 Å². The van der Waals surface area contributed by atoms with Crippen molar-refractivity contribution in [3.8, 4) is 0 Å². The number of hydrogen-bond donors (Lipinski definition) is 0. The predicted molar refractivity (Wildman–Crippen MR) is 79.8 cm³/mol. The number of likely N-dealkylation sites (N-methyl/N-ethyl adjacent to an activating group) is 1. The van der Waals surface area contributed by atoms with Crippen molar-refractivity contribution < 1.29 is 0 Å². The van der Waals surface area contributed by atoms with Crippen LogP contribution in [0.4, 0.5) is 0 Å². The highest BCUT2D eigenvalue weighted by Gasteiger charge is 2.17. The summed E-state index contributed by atoms with van der Waals surface area (Å²) in [7, 11) is 0. The maximum Gasteiger partial charge on any atom is 0.145 e. The van der Waals surface area contributed by atoms with Crippen LogP contribution >= 0.6 is 22.9 Å². The minimum Gasteiger partial charge on any atom is -0.301 e. The third-order valence-corrected chi connectivity index (χ3v) is 4.70. The second kappa shape index (κ2) is 5.71. The highest BCUT2D eigenvalue weighted by atomic mass is 35.5. The number of aromatic nitrogens is 2. The minimum absolute atomic E-state index is 0.577. The molecule has 0 radical (unpaired) electrons. The van der Waals surface area contributed by atoms with Crippen LogP contribution in [0.1, 0.15) is 12.7 Å². The number of hydrogen-bond acceptors (Lipinski definition) is 5. The van der Waals surface area contributed by atoms with Gasteiger partial charge in [0.1, 0.15) is 15.8 Å². The van der Waals surface area contributed by atoms with Gasteiger partial charge in [0.2, 0.25) is 0 Å². The van der Waals surface area contributed by atoms with E-state index in [1.165, 1.54) is 0 Å². The lowest BCUT2D eigenvalue weighted by Crippen LogP contribution is -2.45. The maximum absolute atomic E-state index is 6.20. The molecule has 102 valence electrons. The lowest BCUT2D eigenvalue weighted by Gasteiger charge is -2.33. The molecule has 0 amide bonds. The molecule has 2 aromatic rings. The summed E-state index contributed by atoms with van der Waals surface area (Å²) in [6.45, 7) is 8.57. The highest BCUT2D eigenvalue weighted by Crippen LogP contribution is 2.25. The number of rotatable bonds is 3. The molecule has 0 bridgehead atoms. The molecule has 1 saturated heterocycles. The molecule has 0 aromatic carbocycles. The Morgan fingerprint density at radius 1 is 1.21 bits per heavy atom. The molecule has 1 fully saturated rings. The summed E-state index contributed by atoms with van der Waals surface area (Å²) >= 11 is 7.82. The van der Waals surface area contributed by atoms with Crippen molar-refractivity contribution in [2.45, 2.75) is 13.5 Å². The topological polar surface area (TPSA) is 32.3 Å². The summed E-state index contributed by atoms with van der Waals surface area (Å²) in [5, 5.41) is 3.55. The second-order valence-electron chi connectivity index (χ2n) is 4.78. The Labute approximate surface area is 122 Å². The van der Waals surface area contributed by atoms with Gasteiger partial charge in [-0.3, -0.25) is 4.90 Å². The van der Waals surface area contributed by atoms with Crippen molar-refractivity contribution in [3.63, 3.8) is 0 Å². The average molecular weight is 297 g/mol. The van der Waals surface area contributed by atoms with E-state index in [-0.39, 0.29) is 0 Å². The fraction of sp³-hybridized carbons (Fsp3) is 0.538. The van der Waals surface area contributed by atoms with Crippen LogP contribution in [0, 0.1) is 0 Å². The van der Waals surface area contributed by atoms with Gasteiger partial charge in [0, 0.05) is 31.6 Å². The zero-order valence-corrected chi connectivity index (χ0v) is 12.5. The van der Waals surface area contributed by atoms with Crippen molar-refractivity contribution in [3.05, 3.63) is 22.4 Å². The molecular formula is C13H17ClN4S. The van der Waals surface area contributed by atoms with Crippen LogP contribution in [-0.4, -0.2) is 52.5 Å². The third kappa shape index (κ3) is 2.89. The lowest BCUT2D eigenvalue weighted by atomic mass is 10.3. The van der Waals surface area contributed by atoms with Gasteiger partial charge in [-0.25, -0.2) is 9.97 Å². The van der Waals surface area contributed by atoms with E-state index < -0.39 is 0 Å². The Hall–Kier alpha value is -0.750. The van der Waals surface area contributed by atoms with Crippen LogP contribution in [0.2, 0.25) is 5.15 Å². The minimum atomic E-state index is 0.577. The molecule has 0 atom stereocenters. The van der Waals surface area contributed by atoms with Crippen molar-refractivity contribution in [2.24, 2.45) is 0 Å². The smallest absolute Gasteiger partial charge is 0.145 e. The van der Waals surface area contributed by atoms with E-state index in [4.69, 9.17) is 11.6 Å². The van der Waals surface area contributed by atoms with Gasteiger partial charge in [-0.05, 0) is 18.0 Å². The summed E-state index contributed by atoms with van der Waals surface area (Å²) in [6, 6.07) is 1.98. The van der Waals surface area contributed by atoms with Gasteiger partial charge in [0.15, 0.2) is 0 Å². The fourth-order valence-electron chi connectivity index (χ4n) is 2.39. The largest absolute Gasteiger partial charge is 0.301 e. The number of nitrogens with zero attached hydrogens (tertiary/aromatic N) is 4. The van der Waals surface area contributed by atoms with Gasteiger partial charge in [-0.2, -0.15) is 0 Å². The highest BCUT2D eigenvalue weighted by molar-refractivity contribution is 7.16. The fourth-order valence-corrected chi connectivity index (χ4v) is 3.48. The molecule has 0 spiro atoms.